The number of hydrogen-bond acceptors (Lipinski definition) is 6. The van der Waals surface area contributed by atoms with E-state index < -0.39 is 0 Å². The van der Waals surface area contributed by atoms with Crippen LogP contribution in [0, 0.1) is 0 Å². The molecule has 0 saturated carbocycles. The number of nitrogens with one attached hydrogen (secondary N) is 4. The Morgan fingerprint density at radius 2 is 1.44 bits per heavy atom. The number of rotatable bonds is 10. The quantitative estimate of drug-likeness (QED) is 0.242. The van der Waals surface area contributed by atoms with Crippen LogP contribution in [0.25, 0.3) is 0 Å². The zero-order chi connectivity index (χ0) is 12.4. The molecular weight excluding hydrogens is 204 g/mol. The van der Waals surface area contributed by atoms with Gasteiger partial charge in [0.25, 0.3) is 0 Å². The minimum absolute atomic E-state index is 0.224. The molecule has 0 aliphatic rings. The topological polar surface area (TPSA) is 54.6 Å². The van der Waals surface area contributed by atoms with Gasteiger partial charge in [0.05, 0.1) is 6.17 Å². The van der Waals surface area contributed by atoms with E-state index in [1.807, 2.05) is 38.4 Å². The lowest BCUT2D eigenvalue weighted by Gasteiger charge is -2.29. The van der Waals surface area contributed by atoms with Crippen molar-refractivity contribution in [3.63, 3.8) is 0 Å². The van der Waals surface area contributed by atoms with Gasteiger partial charge < -0.3 is 0 Å². The van der Waals surface area contributed by atoms with Gasteiger partial charge in [0.1, 0.15) is 0 Å². The fraction of sp³-hybridized carbons (Fsp3) is 1.00. The fourth-order valence-electron chi connectivity index (χ4n) is 1.35. The second-order valence-electron chi connectivity index (χ2n) is 3.87. The van der Waals surface area contributed by atoms with Crippen molar-refractivity contribution in [3.8, 4) is 0 Å². The highest BCUT2D eigenvalue weighted by Crippen LogP contribution is 2.01. The van der Waals surface area contributed by atoms with E-state index in [0.29, 0.717) is 0 Å². The Morgan fingerprint density at radius 1 is 0.938 bits per heavy atom. The van der Waals surface area contributed by atoms with Crippen LogP contribution in [0.4, 0.5) is 0 Å². The lowest BCUT2D eigenvalue weighted by atomic mass is 10.2. The second-order valence-corrected chi connectivity index (χ2v) is 3.87. The van der Waals surface area contributed by atoms with Crippen LogP contribution in [-0.4, -0.2) is 44.6 Å². The minimum Gasteiger partial charge on any atom is -0.245 e. The van der Waals surface area contributed by atoms with E-state index in [2.05, 4.69) is 28.6 Å². The van der Waals surface area contributed by atoms with Crippen molar-refractivity contribution in [2.45, 2.75) is 38.8 Å². The van der Waals surface area contributed by atoms with Gasteiger partial charge in [0.15, 0.2) is 0 Å². The Balaban J connectivity index is 3.94. The van der Waals surface area contributed by atoms with Gasteiger partial charge in [-0.05, 0) is 6.42 Å². The molecule has 6 heteroatoms. The molecule has 98 valence electrons. The molecule has 0 rings (SSSR count). The first-order valence-electron chi connectivity index (χ1n) is 5.98. The lowest BCUT2D eigenvalue weighted by molar-refractivity contribution is 0.0568. The van der Waals surface area contributed by atoms with Crippen LogP contribution >= 0.6 is 0 Å². The predicted molar refractivity (Wildman–Crippen MR) is 67.8 cm³/mol. The fourth-order valence-corrected chi connectivity index (χ4v) is 1.35. The molecule has 6 nitrogen and oxygen atoms in total. The van der Waals surface area contributed by atoms with Crippen LogP contribution in [0.15, 0.2) is 0 Å². The van der Waals surface area contributed by atoms with Crippen LogP contribution in [0.3, 0.4) is 0 Å². The highest BCUT2D eigenvalue weighted by Gasteiger charge is 2.10. The molecule has 0 aromatic carbocycles. The Labute approximate surface area is 99.6 Å². The number of unbranched alkanes of at least 4 members (excludes halogenated alkanes) is 2. The average Bonchev–Trinajstić information content (AvgIpc) is 2.28. The summed E-state index contributed by atoms with van der Waals surface area (Å²) in [6.45, 7) is 2.22. The van der Waals surface area contributed by atoms with Crippen molar-refractivity contribution >= 4 is 0 Å². The van der Waals surface area contributed by atoms with Crippen molar-refractivity contribution in [1.29, 1.82) is 0 Å². The molecule has 0 atom stereocenters. The van der Waals surface area contributed by atoms with Crippen molar-refractivity contribution < 1.29 is 0 Å². The van der Waals surface area contributed by atoms with E-state index in [1.54, 1.807) is 0 Å². The third-order valence-electron chi connectivity index (χ3n) is 2.47. The van der Waals surface area contributed by atoms with E-state index >= 15 is 0 Å². The van der Waals surface area contributed by atoms with Gasteiger partial charge in [-0.25, -0.2) is 21.7 Å². The molecule has 0 spiro atoms. The predicted octanol–water partition coefficient (Wildman–Crippen LogP) is 0.0344. The van der Waals surface area contributed by atoms with Gasteiger partial charge in [-0.2, -0.15) is 10.2 Å². The summed E-state index contributed by atoms with van der Waals surface area (Å²) in [6, 6.07) is 0. The summed E-state index contributed by atoms with van der Waals surface area (Å²) < 4.78 is 0. The van der Waals surface area contributed by atoms with Gasteiger partial charge in [-0.15, -0.1) is 0 Å². The monoisotopic (exact) mass is 232 g/mol. The third kappa shape index (κ3) is 7.98. The average molecular weight is 232 g/mol. The molecule has 0 unspecified atom stereocenters. The lowest BCUT2D eigenvalue weighted by Crippen LogP contribution is -2.59. The van der Waals surface area contributed by atoms with Gasteiger partial charge in [-0.1, -0.05) is 26.2 Å². The summed E-state index contributed by atoms with van der Waals surface area (Å²) in [7, 11) is 7.68. The molecule has 0 fully saturated rings. The third-order valence-corrected chi connectivity index (χ3v) is 2.47. The molecule has 0 aromatic rings. The van der Waals surface area contributed by atoms with Crippen molar-refractivity contribution in [3.05, 3.63) is 0 Å². The number of hydrazine groups is 4. The SMILES string of the molecule is CCCCCC(NN(C)NC)NN(C)NC. The highest BCUT2D eigenvalue weighted by atomic mass is 15.8. The summed E-state index contributed by atoms with van der Waals surface area (Å²) in [6.07, 6.45) is 5.05. The Kier molecular flexibility index (Phi) is 9.80. The first kappa shape index (κ1) is 15.8. The molecule has 4 N–H and O–H groups in total. The van der Waals surface area contributed by atoms with Gasteiger partial charge in [-0.3, -0.25) is 0 Å². The van der Waals surface area contributed by atoms with E-state index in [9.17, 15) is 0 Å². The maximum absolute atomic E-state index is 3.32. The molecule has 0 aliphatic carbocycles. The maximum atomic E-state index is 3.32. The van der Waals surface area contributed by atoms with Crippen LogP contribution in [-0.2, 0) is 0 Å². The van der Waals surface area contributed by atoms with Crippen LogP contribution < -0.4 is 21.7 Å². The molecule has 0 amide bonds. The molecule has 0 radical (unpaired) electrons. The van der Waals surface area contributed by atoms with Crippen molar-refractivity contribution in [2.24, 2.45) is 0 Å². The van der Waals surface area contributed by atoms with E-state index in [1.165, 1.54) is 19.3 Å². The first-order valence-corrected chi connectivity index (χ1v) is 5.98. The summed E-state index contributed by atoms with van der Waals surface area (Å²) >= 11 is 0. The molecule has 0 aliphatic heterocycles. The first-order chi connectivity index (χ1) is 7.63. The largest absolute Gasteiger partial charge is 0.245 e. The molecule has 0 aromatic heterocycles. The maximum Gasteiger partial charge on any atom is 0.0862 e. The van der Waals surface area contributed by atoms with E-state index in [-0.39, 0.29) is 6.17 Å². The van der Waals surface area contributed by atoms with Crippen molar-refractivity contribution in [2.75, 3.05) is 28.2 Å². The summed E-state index contributed by atoms with van der Waals surface area (Å²) in [5, 5.41) is 3.71. The standard InChI is InChI=1S/C10H28N6/c1-6-7-8-9-10(13-15(4)11-2)14-16(5)12-3/h10-14H,6-9H2,1-5H3. The number of hydrogen-bond donors (Lipinski definition) is 4. The summed E-state index contributed by atoms with van der Waals surface area (Å²) in [5.41, 5.74) is 12.7. The second kappa shape index (κ2) is 9.95. The molecule has 0 heterocycles. The van der Waals surface area contributed by atoms with Crippen molar-refractivity contribution in [1.82, 2.24) is 31.9 Å². The number of nitrogens with zero attached hydrogens (tertiary/aromatic N) is 2. The Hall–Kier alpha value is -0.240. The van der Waals surface area contributed by atoms with Gasteiger partial charge in [0, 0.05) is 28.2 Å². The van der Waals surface area contributed by atoms with Gasteiger partial charge in [0.2, 0.25) is 0 Å². The van der Waals surface area contributed by atoms with E-state index in [4.69, 9.17) is 0 Å². The summed E-state index contributed by atoms with van der Waals surface area (Å²) in [5.74, 6) is 0. The molecular formula is C10H28N6. The van der Waals surface area contributed by atoms with Crippen LogP contribution in [0.5, 0.6) is 0 Å². The Morgan fingerprint density at radius 3 is 1.81 bits per heavy atom. The van der Waals surface area contributed by atoms with E-state index in [0.717, 1.165) is 6.42 Å². The Bertz CT molecular complexity index is 142. The zero-order valence-electron chi connectivity index (χ0n) is 11.3. The molecule has 0 bridgehead atoms. The normalized spacial score (nSPS) is 12.0. The minimum atomic E-state index is 0.224. The van der Waals surface area contributed by atoms with Crippen LogP contribution in [0.1, 0.15) is 32.6 Å². The van der Waals surface area contributed by atoms with Crippen LogP contribution in [0.2, 0.25) is 0 Å². The molecule has 0 saturated heterocycles. The summed E-state index contributed by atoms with van der Waals surface area (Å²) in [4.78, 5) is 0. The highest BCUT2D eigenvalue weighted by molar-refractivity contribution is 4.59. The zero-order valence-corrected chi connectivity index (χ0v) is 11.3. The molecule has 16 heavy (non-hydrogen) atoms. The van der Waals surface area contributed by atoms with Gasteiger partial charge >= 0.3 is 0 Å². The smallest absolute Gasteiger partial charge is 0.0862 e.